The number of halogens is 3. The highest BCUT2D eigenvalue weighted by Crippen LogP contribution is 2.67. The summed E-state index contributed by atoms with van der Waals surface area (Å²) < 4.78 is 46.5. The molecule has 0 radical (unpaired) electrons. The van der Waals surface area contributed by atoms with Crippen molar-refractivity contribution in [3.8, 4) is 5.75 Å². The van der Waals surface area contributed by atoms with Gasteiger partial charge in [0.2, 0.25) is 11.6 Å². The minimum absolute atomic E-state index is 0.0706. The molecule has 0 aromatic heterocycles. The van der Waals surface area contributed by atoms with Gasteiger partial charge in [0, 0.05) is 11.5 Å². The number of aromatic hydroxyl groups is 1. The van der Waals surface area contributed by atoms with Crippen molar-refractivity contribution in [3.63, 3.8) is 0 Å². The lowest BCUT2D eigenvalue weighted by atomic mass is 9.58. The molecule has 34 heavy (non-hydrogen) atoms. The number of aliphatic hydroxyl groups excluding tert-OH is 2. The summed E-state index contributed by atoms with van der Waals surface area (Å²) in [6.07, 6.45) is -5.18. The standard InChI is InChI=1S/C22H21F3N2O7/c1-27(2)15-10-6-7-5-8-9(22(23,24)25)3-4-11(28)13(8)16(29)12(7)18(31)20(10)21(33,34-20)14(17(15)30)19(26)32/h3-4,7,10,15,28-30,33H,5-6H2,1-2H3,(H2,26,32)/t7?,10?,15-,20-,21?/m0/s1. The lowest BCUT2D eigenvalue weighted by molar-refractivity contribution is -0.138. The summed E-state index contributed by atoms with van der Waals surface area (Å²) in [5.74, 6) is -8.68. The van der Waals surface area contributed by atoms with E-state index in [4.69, 9.17) is 10.5 Å². The maximum atomic E-state index is 13.7. The van der Waals surface area contributed by atoms with Gasteiger partial charge in [0.25, 0.3) is 5.91 Å². The highest BCUT2D eigenvalue weighted by molar-refractivity contribution is 6.14. The molecular weight excluding hydrogens is 461 g/mol. The average molecular weight is 482 g/mol. The van der Waals surface area contributed by atoms with Crippen LogP contribution >= 0.6 is 0 Å². The summed E-state index contributed by atoms with van der Waals surface area (Å²) >= 11 is 0. The van der Waals surface area contributed by atoms with Crippen molar-refractivity contribution in [3.05, 3.63) is 45.7 Å². The van der Waals surface area contributed by atoms with Crippen LogP contribution in [0.4, 0.5) is 13.2 Å². The molecule has 6 N–H and O–H groups in total. The molecule has 1 aromatic rings. The maximum absolute atomic E-state index is 13.7. The molecular formula is C22H21F3N2O7. The summed E-state index contributed by atoms with van der Waals surface area (Å²) in [6, 6.07) is 0.468. The topological polar surface area (TPSA) is 157 Å². The Kier molecular flexibility index (Phi) is 4.35. The number of carbonyl (C=O) groups excluding carboxylic acids is 2. The third-order valence-corrected chi connectivity index (χ3v) is 7.42. The fourth-order valence-corrected chi connectivity index (χ4v) is 6.12. The third kappa shape index (κ3) is 2.50. The zero-order valence-corrected chi connectivity index (χ0v) is 18.0. The van der Waals surface area contributed by atoms with Crippen LogP contribution < -0.4 is 5.73 Å². The number of alkyl halides is 3. The number of ketones is 1. The van der Waals surface area contributed by atoms with Crippen molar-refractivity contribution in [2.45, 2.75) is 36.4 Å². The first-order valence-corrected chi connectivity index (χ1v) is 10.4. The van der Waals surface area contributed by atoms with Crippen LogP contribution in [-0.2, 0) is 26.9 Å². The number of ether oxygens (including phenoxy) is 1. The van der Waals surface area contributed by atoms with Crippen molar-refractivity contribution in [2.24, 2.45) is 17.6 Å². The van der Waals surface area contributed by atoms with E-state index in [9.17, 15) is 43.2 Å². The summed E-state index contributed by atoms with van der Waals surface area (Å²) in [6.45, 7) is 0. The van der Waals surface area contributed by atoms with Crippen molar-refractivity contribution in [2.75, 3.05) is 14.1 Å². The number of Topliss-reactive ketones (excluding diaryl/α,β-unsaturated/α-hetero) is 1. The van der Waals surface area contributed by atoms with E-state index in [1.807, 2.05) is 0 Å². The molecule has 1 aromatic carbocycles. The largest absolute Gasteiger partial charge is 0.510 e. The SMILES string of the molecule is CN(C)[C@@H]1C(O)=C(C(N)=O)C2(O)O[C@@]23C(=O)C2=C(O)c4c(O)ccc(C(F)(F)F)c4CC2CC13. The molecule has 9 nitrogen and oxygen atoms in total. The summed E-state index contributed by atoms with van der Waals surface area (Å²) in [5.41, 5.74) is 0.366. The van der Waals surface area contributed by atoms with Crippen LogP contribution in [0.15, 0.2) is 29.0 Å². The predicted molar refractivity (Wildman–Crippen MR) is 108 cm³/mol. The molecule has 3 aliphatic carbocycles. The first kappa shape index (κ1) is 22.7. The number of likely N-dealkylation sites (N-methyl/N-ethyl adjacent to an activating group) is 1. The van der Waals surface area contributed by atoms with Crippen LogP contribution in [0.3, 0.4) is 0 Å². The first-order valence-electron chi connectivity index (χ1n) is 10.4. The summed E-state index contributed by atoms with van der Waals surface area (Å²) in [4.78, 5) is 27.3. The number of fused-ring (bicyclic) bond motifs is 2. The average Bonchev–Trinajstić information content (AvgIpc) is 3.32. The molecule has 1 spiro atoms. The second-order valence-electron chi connectivity index (χ2n) is 9.33. The van der Waals surface area contributed by atoms with Gasteiger partial charge < -0.3 is 30.9 Å². The van der Waals surface area contributed by atoms with E-state index in [2.05, 4.69) is 0 Å². The Morgan fingerprint density at radius 1 is 1.24 bits per heavy atom. The Morgan fingerprint density at radius 3 is 2.44 bits per heavy atom. The minimum Gasteiger partial charge on any atom is -0.510 e. The zero-order chi connectivity index (χ0) is 25.1. The van der Waals surface area contributed by atoms with Gasteiger partial charge in [0.1, 0.15) is 22.8 Å². The van der Waals surface area contributed by atoms with Gasteiger partial charge >= 0.3 is 6.18 Å². The van der Waals surface area contributed by atoms with Gasteiger partial charge in [-0.3, -0.25) is 14.5 Å². The Hall–Kier alpha value is -3.09. The highest BCUT2D eigenvalue weighted by Gasteiger charge is 2.86. The Bertz CT molecular complexity index is 1240. The maximum Gasteiger partial charge on any atom is 0.416 e. The molecule has 4 aliphatic rings. The van der Waals surface area contributed by atoms with E-state index >= 15 is 0 Å². The van der Waals surface area contributed by atoms with Gasteiger partial charge in [-0.1, -0.05) is 0 Å². The number of hydrogen-bond acceptors (Lipinski definition) is 8. The molecule has 1 heterocycles. The lowest BCUT2D eigenvalue weighted by Crippen LogP contribution is -2.60. The number of phenols is 1. The molecule has 12 heteroatoms. The third-order valence-electron chi connectivity index (χ3n) is 7.42. The van der Waals surface area contributed by atoms with Crippen LogP contribution in [0.25, 0.3) is 5.76 Å². The van der Waals surface area contributed by atoms with E-state index < -0.39 is 81.1 Å². The second kappa shape index (κ2) is 6.52. The molecule has 5 atom stereocenters. The normalized spacial score (nSPS) is 34.4. The summed E-state index contributed by atoms with van der Waals surface area (Å²) in [5, 5.41) is 43.1. The smallest absolute Gasteiger partial charge is 0.416 e. The number of hydrogen-bond donors (Lipinski definition) is 5. The van der Waals surface area contributed by atoms with Crippen molar-refractivity contribution >= 4 is 17.4 Å². The number of nitrogens with zero attached hydrogens (tertiary/aromatic N) is 1. The number of nitrogens with two attached hydrogens (primary N) is 1. The number of amides is 1. The number of rotatable bonds is 2. The highest BCUT2D eigenvalue weighted by atomic mass is 19.4. The molecule has 0 bridgehead atoms. The second-order valence-corrected chi connectivity index (χ2v) is 9.33. The fourth-order valence-electron chi connectivity index (χ4n) is 6.12. The van der Waals surface area contributed by atoms with Gasteiger partial charge in [-0.2, -0.15) is 13.2 Å². The zero-order valence-electron chi connectivity index (χ0n) is 18.0. The monoisotopic (exact) mass is 482 g/mol. The number of phenolic OH excluding ortho intramolecular Hbond substituents is 1. The lowest BCUT2D eigenvalue weighted by Gasteiger charge is -2.46. The fraction of sp³-hybridized carbons (Fsp3) is 0.455. The van der Waals surface area contributed by atoms with E-state index in [1.165, 1.54) is 4.90 Å². The van der Waals surface area contributed by atoms with E-state index in [1.54, 1.807) is 14.1 Å². The number of epoxide rings is 1. The predicted octanol–water partition coefficient (Wildman–Crippen LogP) is 1.14. The molecule has 1 saturated heterocycles. The molecule has 3 unspecified atom stereocenters. The minimum atomic E-state index is -4.77. The van der Waals surface area contributed by atoms with E-state index in [0.717, 1.165) is 6.07 Å². The van der Waals surface area contributed by atoms with Crippen LogP contribution in [0.5, 0.6) is 5.75 Å². The molecule has 1 amide bonds. The Balaban J connectivity index is 1.74. The molecule has 5 rings (SSSR count). The Labute approximate surface area is 190 Å². The van der Waals surface area contributed by atoms with Crippen LogP contribution in [-0.4, -0.2) is 68.5 Å². The molecule has 2 fully saturated rings. The van der Waals surface area contributed by atoms with Crippen molar-refractivity contribution < 1.29 is 47.9 Å². The number of aliphatic hydroxyl groups is 3. The molecule has 182 valence electrons. The van der Waals surface area contributed by atoms with Gasteiger partial charge in [0.05, 0.1) is 17.2 Å². The van der Waals surface area contributed by atoms with Crippen LogP contribution in [0.1, 0.15) is 23.1 Å². The van der Waals surface area contributed by atoms with Gasteiger partial charge in [-0.15, -0.1) is 0 Å². The number of primary amides is 1. The quantitative estimate of drug-likeness (QED) is 0.393. The summed E-state index contributed by atoms with van der Waals surface area (Å²) in [7, 11) is 3.09. The van der Waals surface area contributed by atoms with Gasteiger partial charge in [0.15, 0.2) is 5.60 Å². The number of carbonyl (C=O) groups is 2. The van der Waals surface area contributed by atoms with Crippen molar-refractivity contribution in [1.29, 1.82) is 0 Å². The van der Waals surface area contributed by atoms with Crippen LogP contribution in [0.2, 0.25) is 0 Å². The molecule has 1 saturated carbocycles. The molecule has 1 aliphatic heterocycles. The number of benzene rings is 1. The van der Waals surface area contributed by atoms with E-state index in [0.29, 0.717) is 6.07 Å². The van der Waals surface area contributed by atoms with Gasteiger partial charge in [-0.05, 0) is 50.6 Å². The van der Waals surface area contributed by atoms with E-state index in [-0.39, 0.29) is 24.0 Å². The first-order chi connectivity index (χ1) is 15.7. The van der Waals surface area contributed by atoms with Crippen LogP contribution in [0, 0.1) is 11.8 Å². The Morgan fingerprint density at radius 2 is 1.88 bits per heavy atom. The van der Waals surface area contributed by atoms with Gasteiger partial charge in [-0.25, -0.2) is 0 Å². The van der Waals surface area contributed by atoms with Crippen molar-refractivity contribution in [1.82, 2.24) is 4.90 Å².